The van der Waals surface area contributed by atoms with Gasteiger partial charge in [-0.1, -0.05) is 24.3 Å². The molecule has 0 radical (unpaired) electrons. The molecule has 2 amide bonds. The first-order valence-electron chi connectivity index (χ1n) is 6.13. The monoisotopic (exact) mass is 249 g/mol. The van der Waals surface area contributed by atoms with Crippen LogP contribution in [0, 0.1) is 11.8 Å². The molecule has 1 aliphatic heterocycles. The highest BCUT2D eigenvalue weighted by Crippen LogP contribution is 2.34. The van der Waals surface area contributed by atoms with Crippen LogP contribution >= 0.6 is 0 Å². The molecule has 0 aromatic heterocycles. The Morgan fingerprint density at radius 2 is 1.61 bits per heavy atom. The summed E-state index contributed by atoms with van der Waals surface area (Å²) in [5.41, 5.74) is 0. The molecule has 1 heterocycles. The maximum absolute atomic E-state index is 12.0. The highest BCUT2D eigenvalue weighted by Gasteiger charge is 2.48. The van der Waals surface area contributed by atoms with Gasteiger partial charge in [-0.3, -0.25) is 14.4 Å². The van der Waals surface area contributed by atoms with Crippen LogP contribution in [-0.2, 0) is 19.2 Å². The molecule has 96 valence electrons. The molecule has 0 N–H and O–H groups in total. The van der Waals surface area contributed by atoms with Gasteiger partial charge in [-0.05, 0) is 0 Å². The lowest BCUT2D eigenvalue weighted by atomic mass is 9.91. The number of methoxy groups -OCH3 is 1. The standard InChI is InChI=1S/C13H15NO4/c1-17-8-6-9(7-8)18-14-12(15)10-4-2-3-5-11(10)13(14)16/h2-5,8-11H,6-7H2,1H3/t8?,9?,10-,11-/m1/s1. The summed E-state index contributed by atoms with van der Waals surface area (Å²) in [4.78, 5) is 29.6. The van der Waals surface area contributed by atoms with E-state index in [4.69, 9.17) is 9.57 Å². The first kappa shape index (κ1) is 11.6. The van der Waals surface area contributed by atoms with E-state index in [1.54, 1.807) is 31.4 Å². The second-order valence-electron chi connectivity index (χ2n) is 4.85. The zero-order chi connectivity index (χ0) is 12.7. The quantitative estimate of drug-likeness (QED) is 0.695. The van der Waals surface area contributed by atoms with E-state index in [0.29, 0.717) is 0 Å². The van der Waals surface area contributed by atoms with E-state index in [-0.39, 0.29) is 35.9 Å². The van der Waals surface area contributed by atoms with Crippen molar-refractivity contribution in [3.05, 3.63) is 24.3 Å². The number of fused-ring (bicyclic) bond motifs is 1. The Hall–Kier alpha value is -1.46. The van der Waals surface area contributed by atoms with E-state index < -0.39 is 0 Å². The third kappa shape index (κ3) is 1.71. The Morgan fingerprint density at radius 3 is 2.11 bits per heavy atom. The summed E-state index contributed by atoms with van der Waals surface area (Å²) in [7, 11) is 1.65. The largest absolute Gasteiger partial charge is 0.381 e. The number of nitrogens with zero attached hydrogens (tertiary/aromatic N) is 1. The predicted molar refractivity (Wildman–Crippen MR) is 62.0 cm³/mol. The molecule has 0 unspecified atom stereocenters. The lowest BCUT2D eigenvalue weighted by molar-refractivity contribution is -0.226. The van der Waals surface area contributed by atoms with Crippen LogP contribution in [0.15, 0.2) is 24.3 Å². The second-order valence-corrected chi connectivity index (χ2v) is 4.85. The number of hydrogen-bond acceptors (Lipinski definition) is 4. The van der Waals surface area contributed by atoms with Crippen molar-refractivity contribution in [1.82, 2.24) is 5.06 Å². The topological polar surface area (TPSA) is 55.8 Å². The van der Waals surface area contributed by atoms with Crippen LogP contribution < -0.4 is 0 Å². The second kappa shape index (κ2) is 4.33. The van der Waals surface area contributed by atoms with Gasteiger partial charge >= 0.3 is 0 Å². The van der Waals surface area contributed by atoms with Crippen LogP contribution in [0.5, 0.6) is 0 Å². The van der Waals surface area contributed by atoms with Crippen LogP contribution in [0.1, 0.15) is 12.8 Å². The van der Waals surface area contributed by atoms with Crippen LogP contribution in [0.25, 0.3) is 0 Å². The Bertz CT molecular complexity index is 406. The van der Waals surface area contributed by atoms with Crippen molar-refractivity contribution in [2.24, 2.45) is 11.8 Å². The molecule has 2 fully saturated rings. The number of rotatable bonds is 3. The van der Waals surface area contributed by atoms with E-state index in [0.717, 1.165) is 17.9 Å². The van der Waals surface area contributed by atoms with E-state index in [2.05, 4.69) is 0 Å². The average Bonchev–Trinajstić information content (AvgIpc) is 2.58. The van der Waals surface area contributed by atoms with Crippen LogP contribution in [0.4, 0.5) is 0 Å². The van der Waals surface area contributed by atoms with Gasteiger partial charge in [0.2, 0.25) is 0 Å². The van der Waals surface area contributed by atoms with Gasteiger partial charge in [0.15, 0.2) is 0 Å². The molecular formula is C13H15NO4. The van der Waals surface area contributed by atoms with E-state index >= 15 is 0 Å². The number of ether oxygens (including phenoxy) is 1. The molecule has 5 heteroatoms. The number of amides is 2. The lowest BCUT2D eigenvalue weighted by Crippen LogP contribution is -2.44. The number of carbonyl (C=O) groups is 2. The van der Waals surface area contributed by atoms with Crippen molar-refractivity contribution in [1.29, 1.82) is 0 Å². The van der Waals surface area contributed by atoms with Gasteiger partial charge < -0.3 is 4.74 Å². The maximum Gasteiger partial charge on any atom is 0.261 e. The molecule has 2 atom stereocenters. The summed E-state index contributed by atoms with van der Waals surface area (Å²) < 4.78 is 5.14. The summed E-state index contributed by atoms with van der Waals surface area (Å²) in [5, 5.41) is 0.950. The molecule has 0 spiro atoms. The summed E-state index contributed by atoms with van der Waals surface area (Å²) in [6, 6.07) is 0. The summed E-state index contributed by atoms with van der Waals surface area (Å²) in [6.07, 6.45) is 8.66. The number of allylic oxidation sites excluding steroid dienone is 2. The molecule has 0 aromatic rings. The fourth-order valence-corrected chi connectivity index (χ4v) is 2.51. The van der Waals surface area contributed by atoms with Crippen molar-refractivity contribution in [2.75, 3.05) is 7.11 Å². The highest BCUT2D eigenvalue weighted by molar-refractivity contribution is 6.06. The molecule has 0 bridgehead atoms. The Balaban J connectivity index is 1.67. The van der Waals surface area contributed by atoms with Crippen molar-refractivity contribution in [2.45, 2.75) is 25.0 Å². The SMILES string of the molecule is COC1CC(ON2C(=O)[C@@H]3C=CC=C[C@H]3C2=O)C1. The maximum atomic E-state index is 12.0. The lowest BCUT2D eigenvalue weighted by Gasteiger charge is -2.35. The predicted octanol–water partition coefficient (Wildman–Crippen LogP) is 0.823. The normalized spacial score (nSPS) is 37.9. The number of hydrogen-bond donors (Lipinski definition) is 0. The Kier molecular flexibility index (Phi) is 2.80. The minimum atomic E-state index is -0.388. The van der Waals surface area contributed by atoms with Gasteiger partial charge in [0.05, 0.1) is 24.0 Å². The molecule has 2 aliphatic carbocycles. The molecule has 5 nitrogen and oxygen atoms in total. The van der Waals surface area contributed by atoms with Crippen LogP contribution in [0.2, 0.25) is 0 Å². The molecule has 18 heavy (non-hydrogen) atoms. The summed E-state index contributed by atoms with van der Waals surface area (Å²) in [5.74, 6) is -1.29. The van der Waals surface area contributed by atoms with Crippen molar-refractivity contribution in [3.63, 3.8) is 0 Å². The first-order valence-corrected chi connectivity index (χ1v) is 6.13. The van der Waals surface area contributed by atoms with Crippen LogP contribution in [-0.4, -0.2) is 36.2 Å². The van der Waals surface area contributed by atoms with Gasteiger partial charge in [-0.2, -0.15) is 5.06 Å². The van der Waals surface area contributed by atoms with E-state index in [1.165, 1.54) is 0 Å². The van der Waals surface area contributed by atoms with E-state index in [1.807, 2.05) is 0 Å². The third-order valence-corrected chi connectivity index (χ3v) is 3.74. The van der Waals surface area contributed by atoms with Gasteiger partial charge in [0, 0.05) is 20.0 Å². The molecule has 0 aromatic carbocycles. The van der Waals surface area contributed by atoms with Gasteiger partial charge in [-0.15, -0.1) is 0 Å². The molecule has 3 aliphatic rings. The minimum absolute atomic E-state index is 0.0871. The van der Waals surface area contributed by atoms with Crippen molar-refractivity contribution >= 4 is 11.8 Å². The molecule has 1 saturated heterocycles. The highest BCUT2D eigenvalue weighted by atomic mass is 16.7. The fourth-order valence-electron chi connectivity index (χ4n) is 2.51. The van der Waals surface area contributed by atoms with Crippen molar-refractivity contribution < 1.29 is 19.2 Å². The van der Waals surface area contributed by atoms with Crippen molar-refractivity contribution in [3.8, 4) is 0 Å². The first-order chi connectivity index (χ1) is 8.70. The molecule has 1 saturated carbocycles. The van der Waals surface area contributed by atoms with Gasteiger partial charge in [0.25, 0.3) is 11.8 Å². The van der Waals surface area contributed by atoms with Gasteiger partial charge in [-0.25, -0.2) is 0 Å². The molecule has 3 rings (SSSR count). The molecular weight excluding hydrogens is 234 g/mol. The Morgan fingerprint density at radius 1 is 1.06 bits per heavy atom. The van der Waals surface area contributed by atoms with Gasteiger partial charge in [0.1, 0.15) is 0 Å². The number of imide groups is 1. The summed E-state index contributed by atoms with van der Waals surface area (Å²) >= 11 is 0. The van der Waals surface area contributed by atoms with Crippen LogP contribution in [0.3, 0.4) is 0 Å². The zero-order valence-electron chi connectivity index (χ0n) is 10.1. The third-order valence-electron chi connectivity index (χ3n) is 3.74. The smallest absolute Gasteiger partial charge is 0.261 e. The average molecular weight is 249 g/mol. The fraction of sp³-hybridized carbons (Fsp3) is 0.538. The summed E-state index contributed by atoms with van der Waals surface area (Å²) in [6.45, 7) is 0. The number of carbonyl (C=O) groups excluding carboxylic acids is 2. The zero-order valence-corrected chi connectivity index (χ0v) is 10.1. The number of hydroxylamine groups is 2. The van der Waals surface area contributed by atoms with E-state index in [9.17, 15) is 9.59 Å². The Labute approximate surface area is 105 Å². The minimum Gasteiger partial charge on any atom is -0.381 e.